The lowest BCUT2D eigenvalue weighted by atomic mass is 10.1. The Morgan fingerprint density at radius 3 is 2.44 bits per heavy atom. The second-order valence-electron chi connectivity index (χ2n) is 7.64. The lowest BCUT2D eigenvalue weighted by molar-refractivity contribution is 0.0475. The molecule has 1 aromatic heterocycles. The molecule has 0 atom stereocenters. The van der Waals surface area contributed by atoms with Crippen LogP contribution in [-0.2, 0) is 21.3 Å². The zero-order chi connectivity index (χ0) is 24.3. The fraction of sp³-hybridized carbons (Fsp3) is 0.120. The third-order valence-electron chi connectivity index (χ3n) is 5.34. The van der Waals surface area contributed by atoms with Crippen LogP contribution < -0.4 is 0 Å². The molecule has 1 N–H and O–H groups in total. The molecule has 0 bridgehead atoms. The van der Waals surface area contributed by atoms with Gasteiger partial charge in [0.25, 0.3) is 0 Å². The molecule has 0 saturated carbocycles. The molecular weight excluding hydrogens is 476 g/mol. The number of carbonyl (C=O) groups is 2. The number of fused-ring (bicyclic) bond motifs is 1. The molecule has 0 fully saturated rings. The van der Waals surface area contributed by atoms with Crippen LogP contribution in [0.2, 0.25) is 5.02 Å². The topological polar surface area (TPSA) is 96.5 Å². The highest BCUT2D eigenvalue weighted by atomic mass is 35.5. The van der Waals surface area contributed by atoms with Crippen LogP contribution in [0.25, 0.3) is 10.9 Å². The number of H-pyrrole nitrogens is 1. The predicted molar refractivity (Wildman–Crippen MR) is 129 cm³/mol. The van der Waals surface area contributed by atoms with Gasteiger partial charge in [-0.15, -0.1) is 0 Å². The fourth-order valence-electron chi connectivity index (χ4n) is 3.52. The number of nitrogens with zero attached hydrogens (tertiary/aromatic N) is 1. The number of carbonyl (C=O) groups excluding carboxylic acids is 2. The van der Waals surface area contributed by atoms with Crippen molar-refractivity contribution in [3.63, 3.8) is 0 Å². The number of ether oxygens (including phenoxy) is 1. The molecule has 4 aromatic rings. The van der Waals surface area contributed by atoms with E-state index in [1.54, 1.807) is 18.3 Å². The van der Waals surface area contributed by atoms with Gasteiger partial charge in [-0.25, -0.2) is 13.2 Å². The van der Waals surface area contributed by atoms with Crippen LogP contribution in [-0.4, -0.2) is 43.1 Å². The van der Waals surface area contributed by atoms with Crippen LogP contribution >= 0.6 is 11.6 Å². The average Bonchev–Trinajstić information content (AvgIpc) is 3.27. The van der Waals surface area contributed by atoms with E-state index in [1.165, 1.54) is 23.5 Å². The molecule has 0 radical (unpaired) electrons. The standard InChI is InChI=1S/C25H21ClN2O5S/c1-28(15-17-7-3-2-4-8-17)34(31,32)18-11-12-22(26)20(13-18)25(30)33-16-24(29)21-14-27-23-10-6-5-9-19(21)23/h2-14,27H,15-16H2,1H3. The first-order chi connectivity index (χ1) is 16.3. The Bertz CT molecular complexity index is 1470. The van der Waals surface area contributed by atoms with Crippen molar-refractivity contribution in [3.05, 3.63) is 101 Å². The molecule has 0 unspecified atom stereocenters. The Morgan fingerprint density at radius 1 is 0.971 bits per heavy atom. The van der Waals surface area contributed by atoms with E-state index in [0.29, 0.717) is 5.56 Å². The Kier molecular flexibility index (Phi) is 6.83. The molecule has 0 saturated heterocycles. The Hall–Kier alpha value is -3.46. The lowest BCUT2D eigenvalue weighted by Crippen LogP contribution is -2.26. The lowest BCUT2D eigenvalue weighted by Gasteiger charge is -2.18. The maximum Gasteiger partial charge on any atom is 0.340 e. The summed E-state index contributed by atoms with van der Waals surface area (Å²) in [5.74, 6) is -1.28. The van der Waals surface area contributed by atoms with Gasteiger partial charge in [-0.05, 0) is 29.8 Å². The third-order valence-corrected chi connectivity index (χ3v) is 7.47. The number of aromatic amines is 1. The number of hydrogen-bond acceptors (Lipinski definition) is 5. The minimum absolute atomic E-state index is 0.0224. The highest BCUT2D eigenvalue weighted by Gasteiger charge is 2.24. The van der Waals surface area contributed by atoms with Gasteiger partial charge in [0.05, 0.1) is 15.5 Å². The van der Waals surface area contributed by atoms with E-state index in [2.05, 4.69) is 4.98 Å². The van der Waals surface area contributed by atoms with E-state index in [1.807, 2.05) is 42.5 Å². The molecular formula is C25H21ClN2O5S. The molecule has 1 heterocycles. The van der Waals surface area contributed by atoms with Crippen molar-refractivity contribution in [2.45, 2.75) is 11.4 Å². The van der Waals surface area contributed by atoms with Gasteiger partial charge in [-0.2, -0.15) is 4.31 Å². The zero-order valence-electron chi connectivity index (χ0n) is 18.2. The summed E-state index contributed by atoms with van der Waals surface area (Å²) in [6.45, 7) is -0.355. The van der Waals surface area contributed by atoms with Gasteiger partial charge in [0.1, 0.15) is 0 Å². The molecule has 174 valence electrons. The second-order valence-corrected chi connectivity index (χ2v) is 10.1. The molecule has 0 amide bonds. The SMILES string of the molecule is CN(Cc1ccccc1)S(=O)(=O)c1ccc(Cl)c(C(=O)OCC(=O)c2c[nH]c3ccccc23)c1. The van der Waals surface area contributed by atoms with Gasteiger partial charge in [0.15, 0.2) is 6.61 Å². The highest BCUT2D eigenvalue weighted by Crippen LogP contribution is 2.25. The Labute approximate surface area is 202 Å². The van der Waals surface area contributed by atoms with Crippen LogP contribution in [0.4, 0.5) is 0 Å². The maximum absolute atomic E-state index is 13.0. The smallest absolute Gasteiger partial charge is 0.340 e. The molecule has 4 rings (SSSR count). The number of nitrogens with one attached hydrogen (secondary N) is 1. The van der Waals surface area contributed by atoms with E-state index in [-0.39, 0.29) is 22.0 Å². The number of rotatable bonds is 8. The van der Waals surface area contributed by atoms with E-state index in [4.69, 9.17) is 16.3 Å². The second kappa shape index (κ2) is 9.80. The Morgan fingerprint density at radius 2 is 1.68 bits per heavy atom. The Balaban J connectivity index is 1.49. The number of halogens is 1. The van der Waals surface area contributed by atoms with E-state index in [0.717, 1.165) is 22.5 Å². The van der Waals surface area contributed by atoms with Crippen molar-refractivity contribution in [1.82, 2.24) is 9.29 Å². The number of esters is 1. The van der Waals surface area contributed by atoms with E-state index in [9.17, 15) is 18.0 Å². The molecule has 3 aromatic carbocycles. The number of aromatic nitrogens is 1. The largest absolute Gasteiger partial charge is 0.454 e. The van der Waals surface area contributed by atoms with Gasteiger partial charge in [-0.1, -0.05) is 60.1 Å². The van der Waals surface area contributed by atoms with Crippen molar-refractivity contribution >= 4 is 44.3 Å². The number of sulfonamides is 1. The normalized spacial score (nSPS) is 11.6. The van der Waals surface area contributed by atoms with Gasteiger partial charge < -0.3 is 9.72 Å². The van der Waals surface area contributed by atoms with Crippen LogP contribution in [0, 0.1) is 0 Å². The van der Waals surface area contributed by atoms with Crippen LogP contribution in [0.3, 0.4) is 0 Å². The third kappa shape index (κ3) is 4.89. The summed E-state index contributed by atoms with van der Waals surface area (Å²) in [7, 11) is -2.45. The quantitative estimate of drug-likeness (QED) is 0.282. The minimum Gasteiger partial charge on any atom is -0.454 e. The van der Waals surface area contributed by atoms with Gasteiger partial charge in [0, 0.05) is 36.3 Å². The molecule has 0 aliphatic heterocycles. The molecule has 0 spiro atoms. The maximum atomic E-state index is 13.0. The molecule has 0 aliphatic rings. The van der Waals surface area contributed by atoms with Crippen LogP contribution in [0.15, 0.2) is 83.9 Å². The zero-order valence-corrected chi connectivity index (χ0v) is 19.8. The molecule has 0 aliphatic carbocycles. The summed E-state index contributed by atoms with van der Waals surface area (Å²) in [5, 5.41) is 0.741. The predicted octanol–water partition coefficient (Wildman–Crippen LogP) is 4.68. The summed E-state index contributed by atoms with van der Waals surface area (Å²) in [6.07, 6.45) is 1.56. The summed E-state index contributed by atoms with van der Waals surface area (Å²) in [4.78, 5) is 28.2. The number of Topliss-reactive ketones (excluding diaryl/α,β-unsaturated/α-hetero) is 1. The average molecular weight is 497 g/mol. The number of hydrogen-bond donors (Lipinski definition) is 1. The number of ketones is 1. The summed E-state index contributed by atoms with van der Waals surface area (Å²) in [5.41, 5.74) is 1.87. The van der Waals surface area contributed by atoms with Gasteiger partial charge in [-0.3, -0.25) is 4.79 Å². The molecule has 34 heavy (non-hydrogen) atoms. The van der Waals surface area contributed by atoms with E-state index >= 15 is 0 Å². The van der Waals surface area contributed by atoms with Crippen LogP contribution in [0.5, 0.6) is 0 Å². The van der Waals surface area contributed by atoms with Gasteiger partial charge >= 0.3 is 5.97 Å². The van der Waals surface area contributed by atoms with Crippen molar-refractivity contribution in [2.75, 3.05) is 13.7 Å². The first-order valence-electron chi connectivity index (χ1n) is 10.3. The van der Waals surface area contributed by atoms with Crippen molar-refractivity contribution in [2.24, 2.45) is 0 Å². The van der Waals surface area contributed by atoms with Crippen LogP contribution in [0.1, 0.15) is 26.3 Å². The molecule has 9 heteroatoms. The minimum atomic E-state index is -3.91. The first kappa shape index (κ1) is 23.7. The first-order valence-corrected chi connectivity index (χ1v) is 12.2. The summed E-state index contributed by atoms with van der Waals surface area (Å²) < 4.78 is 32.4. The monoisotopic (exact) mass is 496 g/mol. The highest BCUT2D eigenvalue weighted by molar-refractivity contribution is 7.89. The molecule has 7 nitrogen and oxygen atoms in total. The fourth-order valence-corrected chi connectivity index (χ4v) is 4.90. The van der Waals surface area contributed by atoms with Crippen molar-refractivity contribution in [1.29, 1.82) is 0 Å². The summed E-state index contributed by atoms with van der Waals surface area (Å²) >= 11 is 6.14. The number of para-hydroxylation sites is 1. The van der Waals surface area contributed by atoms with E-state index < -0.39 is 28.4 Å². The van der Waals surface area contributed by atoms with Gasteiger partial charge in [0.2, 0.25) is 15.8 Å². The van der Waals surface area contributed by atoms with Crippen molar-refractivity contribution < 1.29 is 22.7 Å². The number of benzene rings is 3. The van der Waals surface area contributed by atoms with Crippen molar-refractivity contribution in [3.8, 4) is 0 Å². The summed E-state index contributed by atoms with van der Waals surface area (Å²) in [6, 6.07) is 20.2.